The molecular formula is C11H15NO3. The molecule has 0 saturated carbocycles. The average molecular weight is 209 g/mol. The van der Waals surface area contributed by atoms with E-state index in [0.29, 0.717) is 0 Å². The fourth-order valence-corrected chi connectivity index (χ4v) is 0.778. The van der Waals surface area contributed by atoms with Gasteiger partial charge >= 0.3 is 5.97 Å². The Balaban J connectivity index is 0.000000265. The zero-order valence-electron chi connectivity index (χ0n) is 9.15. The number of Topliss-reactive ketones (excluding diaryl/α,β-unsaturated/α-hetero) is 1. The Kier molecular flexibility index (Phi) is 5.94. The van der Waals surface area contributed by atoms with Crippen LogP contribution in [0.4, 0.5) is 0 Å². The molecule has 1 aromatic rings. The summed E-state index contributed by atoms with van der Waals surface area (Å²) in [5.74, 6) is -1.37. The van der Waals surface area contributed by atoms with Crippen LogP contribution in [0.3, 0.4) is 0 Å². The van der Waals surface area contributed by atoms with E-state index < -0.39 is 5.97 Å². The summed E-state index contributed by atoms with van der Waals surface area (Å²) < 4.78 is 0. The Bertz CT molecular complexity index is 314. The quantitative estimate of drug-likeness (QED) is 0.753. The molecule has 0 aliphatic rings. The molecule has 0 spiro atoms. The number of aromatic nitrogens is 1. The molecule has 1 aromatic heterocycles. The van der Waals surface area contributed by atoms with E-state index in [2.05, 4.69) is 18.0 Å². The SMILES string of the molecule is CC(=O)CC(=O)O.Cc1cccnc1C. The number of nitrogens with zero attached hydrogens (tertiary/aromatic N) is 1. The van der Waals surface area contributed by atoms with Crippen LogP contribution >= 0.6 is 0 Å². The van der Waals surface area contributed by atoms with Crippen molar-refractivity contribution in [2.45, 2.75) is 27.2 Å². The third kappa shape index (κ3) is 7.37. The number of ketones is 1. The van der Waals surface area contributed by atoms with Gasteiger partial charge in [0, 0.05) is 11.9 Å². The van der Waals surface area contributed by atoms with Crippen LogP contribution in [-0.2, 0) is 9.59 Å². The van der Waals surface area contributed by atoms with E-state index in [1.165, 1.54) is 12.5 Å². The highest BCUT2D eigenvalue weighted by atomic mass is 16.4. The maximum atomic E-state index is 9.87. The molecular weight excluding hydrogens is 194 g/mol. The number of carbonyl (C=O) groups excluding carboxylic acids is 1. The summed E-state index contributed by atoms with van der Waals surface area (Å²) in [6.45, 7) is 5.31. The second-order valence-electron chi connectivity index (χ2n) is 3.18. The largest absolute Gasteiger partial charge is 0.481 e. The first-order valence-electron chi connectivity index (χ1n) is 4.53. The molecule has 0 aromatic carbocycles. The van der Waals surface area contributed by atoms with Crippen molar-refractivity contribution in [3.63, 3.8) is 0 Å². The van der Waals surface area contributed by atoms with Crippen molar-refractivity contribution in [3.05, 3.63) is 29.6 Å². The van der Waals surface area contributed by atoms with Gasteiger partial charge in [-0.3, -0.25) is 14.6 Å². The minimum atomic E-state index is -1.06. The molecule has 0 atom stereocenters. The topological polar surface area (TPSA) is 67.3 Å². The molecule has 0 radical (unpaired) electrons. The maximum absolute atomic E-state index is 9.87. The molecule has 0 aliphatic carbocycles. The Morgan fingerprint density at radius 2 is 2.00 bits per heavy atom. The lowest BCUT2D eigenvalue weighted by molar-refractivity contribution is -0.139. The Labute approximate surface area is 89.0 Å². The zero-order valence-corrected chi connectivity index (χ0v) is 9.15. The fraction of sp³-hybridized carbons (Fsp3) is 0.364. The number of aliphatic carboxylic acids is 1. The fourth-order valence-electron chi connectivity index (χ4n) is 0.778. The van der Waals surface area contributed by atoms with Crippen molar-refractivity contribution < 1.29 is 14.7 Å². The van der Waals surface area contributed by atoms with Crippen LogP contribution in [0.1, 0.15) is 24.6 Å². The summed E-state index contributed by atoms with van der Waals surface area (Å²) in [6.07, 6.45) is 1.45. The van der Waals surface area contributed by atoms with Crippen LogP contribution < -0.4 is 0 Å². The normalized spacial score (nSPS) is 8.73. The first-order chi connectivity index (χ1) is 6.93. The molecule has 1 heterocycles. The number of carbonyl (C=O) groups is 2. The summed E-state index contributed by atoms with van der Waals surface area (Å²) >= 11 is 0. The van der Waals surface area contributed by atoms with Gasteiger partial charge in [-0.25, -0.2) is 0 Å². The van der Waals surface area contributed by atoms with Gasteiger partial charge in [0.05, 0.1) is 0 Å². The Hall–Kier alpha value is -1.71. The van der Waals surface area contributed by atoms with Crippen molar-refractivity contribution in [3.8, 4) is 0 Å². The highest BCUT2D eigenvalue weighted by Crippen LogP contribution is 1.98. The summed E-state index contributed by atoms with van der Waals surface area (Å²) in [7, 11) is 0. The standard InChI is InChI=1S/C7H9N.C4H6O3/c1-6-4-3-5-8-7(6)2;1-3(5)2-4(6)7/h3-5H,1-2H3;2H2,1H3,(H,6,7). The van der Waals surface area contributed by atoms with Gasteiger partial charge in [-0.2, -0.15) is 0 Å². The second-order valence-corrected chi connectivity index (χ2v) is 3.18. The van der Waals surface area contributed by atoms with Crippen LogP contribution in [0.25, 0.3) is 0 Å². The van der Waals surface area contributed by atoms with Crippen LogP contribution in [0.15, 0.2) is 18.3 Å². The molecule has 0 fully saturated rings. The van der Waals surface area contributed by atoms with E-state index in [-0.39, 0.29) is 12.2 Å². The van der Waals surface area contributed by atoms with Crippen molar-refractivity contribution in [1.29, 1.82) is 0 Å². The molecule has 4 heteroatoms. The van der Waals surface area contributed by atoms with E-state index in [9.17, 15) is 9.59 Å². The lowest BCUT2D eigenvalue weighted by Gasteiger charge is -1.92. The van der Waals surface area contributed by atoms with Crippen LogP contribution in [0, 0.1) is 13.8 Å². The average Bonchev–Trinajstić information content (AvgIpc) is 2.08. The molecule has 0 bridgehead atoms. The maximum Gasteiger partial charge on any atom is 0.310 e. The monoisotopic (exact) mass is 209 g/mol. The van der Waals surface area contributed by atoms with Gasteiger partial charge in [0.1, 0.15) is 12.2 Å². The van der Waals surface area contributed by atoms with Crippen molar-refractivity contribution in [1.82, 2.24) is 4.98 Å². The van der Waals surface area contributed by atoms with Crippen LogP contribution in [-0.4, -0.2) is 21.8 Å². The lowest BCUT2D eigenvalue weighted by atomic mass is 10.2. The third-order valence-corrected chi connectivity index (χ3v) is 1.67. The predicted molar refractivity (Wildman–Crippen MR) is 56.6 cm³/mol. The summed E-state index contributed by atoms with van der Waals surface area (Å²) in [5, 5.41) is 7.86. The summed E-state index contributed by atoms with van der Waals surface area (Å²) in [4.78, 5) is 23.5. The molecule has 15 heavy (non-hydrogen) atoms. The zero-order chi connectivity index (χ0) is 11.8. The van der Waals surface area contributed by atoms with E-state index in [4.69, 9.17) is 5.11 Å². The number of pyridine rings is 1. The third-order valence-electron chi connectivity index (χ3n) is 1.67. The van der Waals surface area contributed by atoms with E-state index in [1.807, 2.05) is 19.2 Å². The Morgan fingerprint density at radius 1 is 1.40 bits per heavy atom. The number of carboxylic acid groups (broad SMARTS) is 1. The highest BCUT2D eigenvalue weighted by Gasteiger charge is 1.98. The summed E-state index contributed by atoms with van der Waals surface area (Å²) in [5.41, 5.74) is 2.38. The van der Waals surface area contributed by atoms with E-state index in [0.717, 1.165) is 5.69 Å². The first kappa shape index (κ1) is 13.3. The molecule has 0 aliphatic heterocycles. The minimum Gasteiger partial charge on any atom is -0.481 e. The van der Waals surface area contributed by atoms with Gasteiger partial charge in [0.15, 0.2) is 0 Å². The predicted octanol–water partition coefficient (Wildman–Crippen LogP) is 1.75. The lowest BCUT2D eigenvalue weighted by Crippen LogP contribution is -2.00. The van der Waals surface area contributed by atoms with Gasteiger partial charge in [-0.1, -0.05) is 6.07 Å². The molecule has 4 nitrogen and oxygen atoms in total. The molecule has 0 amide bonds. The molecule has 1 rings (SSSR count). The molecule has 0 unspecified atom stereocenters. The van der Waals surface area contributed by atoms with Crippen LogP contribution in [0.5, 0.6) is 0 Å². The second kappa shape index (κ2) is 6.70. The van der Waals surface area contributed by atoms with Gasteiger partial charge in [-0.05, 0) is 32.4 Å². The smallest absolute Gasteiger partial charge is 0.310 e. The number of hydrogen-bond donors (Lipinski definition) is 1. The van der Waals surface area contributed by atoms with Crippen LogP contribution in [0.2, 0.25) is 0 Å². The summed E-state index contributed by atoms with van der Waals surface area (Å²) in [6, 6.07) is 4.00. The van der Waals surface area contributed by atoms with Crippen molar-refractivity contribution in [2.24, 2.45) is 0 Å². The van der Waals surface area contributed by atoms with E-state index in [1.54, 1.807) is 0 Å². The number of carboxylic acids is 1. The Morgan fingerprint density at radius 3 is 2.20 bits per heavy atom. The van der Waals surface area contributed by atoms with Gasteiger partial charge in [0.25, 0.3) is 0 Å². The number of rotatable bonds is 2. The number of hydrogen-bond acceptors (Lipinski definition) is 3. The van der Waals surface area contributed by atoms with Crippen molar-refractivity contribution in [2.75, 3.05) is 0 Å². The first-order valence-corrected chi connectivity index (χ1v) is 4.53. The highest BCUT2D eigenvalue weighted by molar-refractivity contribution is 5.93. The minimum absolute atomic E-state index is 0.312. The molecule has 82 valence electrons. The van der Waals surface area contributed by atoms with E-state index >= 15 is 0 Å². The van der Waals surface area contributed by atoms with Gasteiger partial charge in [-0.15, -0.1) is 0 Å². The molecule has 1 N–H and O–H groups in total. The van der Waals surface area contributed by atoms with Gasteiger partial charge in [0.2, 0.25) is 0 Å². The number of aryl methyl sites for hydroxylation is 2. The van der Waals surface area contributed by atoms with Crippen molar-refractivity contribution >= 4 is 11.8 Å². The molecule has 0 saturated heterocycles. The van der Waals surface area contributed by atoms with Gasteiger partial charge < -0.3 is 5.11 Å².